The molecule has 0 bridgehead atoms. The molecule has 2 aliphatic heterocycles. The summed E-state index contributed by atoms with van der Waals surface area (Å²) in [4.78, 5) is 29.7. The normalized spacial score (nSPS) is 16.6. The zero-order chi connectivity index (χ0) is 17.5. The van der Waals surface area contributed by atoms with Crippen molar-refractivity contribution in [3.8, 4) is 0 Å². The highest BCUT2D eigenvalue weighted by molar-refractivity contribution is 5.99. The maximum Gasteiger partial charge on any atom is 0.345 e. The minimum Gasteiger partial charge on any atom is -0.388 e. The Bertz CT molecular complexity index is 657. The van der Waals surface area contributed by atoms with Crippen LogP contribution in [0.2, 0.25) is 0 Å². The summed E-state index contributed by atoms with van der Waals surface area (Å²) in [6, 6.07) is -0.894. The molecule has 0 saturated carbocycles. The summed E-state index contributed by atoms with van der Waals surface area (Å²) >= 11 is 0. The van der Waals surface area contributed by atoms with Crippen molar-refractivity contribution in [3.63, 3.8) is 0 Å². The van der Waals surface area contributed by atoms with Crippen molar-refractivity contribution in [1.82, 2.24) is 4.90 Å². The molecule has 2 aliphatic rings. The van der Waals surface area contributed by atoms with E-state index in [4.69, 9.17) is 21.9 Å². The molecule has 128 valence electrons. The largest absolute Gasteiger partial charge is 0.388 e. The molecule has 2 heterocycles. The Balaban J connectivity index is 1.83. The molecule has 0 saturated heterocycles. The van der Waals surface area contributed by atoms with Gasteiger partial charge in [-0.1, -0.05) is 12.2 Å². The van der Waals surface area contributed by atoms with Crippen molar-refractivity contribution < 1.29 is 14.3 Å². The van der Waals surface area contributed by atoms with Crippen LogP contribution in [0.15, 0.2) is 52.8 Å². The van der Waals surface area contributed by atoms with Gasteiger partial charge in [0.25, 0.3) is 0 Å². The Morgan fingerprint density at radius 3 is 2.88 bits per heavy atom. The fraction of sp³-hybridized carbons (Fsp3) is 0.312. The van der Waals surface area contributed by atoms with Crippen LogP contribution >= 0.6 is 0 Å². The van der Waals surface area contributed by atoms with Gasteiger partial charge in [-0.25, -0.2) is 9.59 Å². The molecule has 0 aromatic rings. The molecule has 0 amide bonds. The fourth-order valence-electron chi connectivity index (χ4n) is 2.21. The zero-order valence-electron chi connectivity index (χ0n) is 13.2. The standard InChI is InChI=1S/C16H21N5O3/c17-13(5-3-7-20-16(18)19)15(23)24-14(22)11-6-9-21-8-2-1-4-12(21)10-11/h1-2,4,6,8,10,13H,3,5,7,9,17H2,(H4,18,19,20)/t13-/m0/s1. The Hall–Kier alpha value is -2.87. The minimum absolute atomic E-state index is 0.0146. The van der Waals surface area contributed by atoms with Crippen LogP contribution in [0.5, 0.6) is 0 Å². The van der Waals surface area contributed by atoms with Gasteiger partial charge in [-0.05, 0) is 31.1 Å². The number of guanidine groups is 1. The highest BCUT2D eigenvalue weighted by atomic mass is 16.6. The van der Waals surface area contributed by atoms with E-state index in [1.54, 1.807) is 12.2 Å². The third kappa shape index (κ3) is 4.82. The molecule has 0 aromatic heterocycles. The lowest BCUT2D eigenvalue weighted by Gasteiger charge is -2.25. The fourth-order valence-corrected chi connectivity index (χ4v) is 2.21. The summed E-state index contributed by atoms with van der Waals surface area (Å²) in [5, 5.41) is 0. The highest BCUT2D eigenvalue weighted by Gasteiger charge is 2.22. The number of hydrogen-bond acceptors (Lipinski definition) is 6. The number of fused-ring (bicyclic) bond motifs is 1. The molecule has 6 N–H and O–H groups in total. The van der Waals surface area contributed by atoms with Gasteiger partial charge in [0.05, 0.1) is 5.57 Å². The Morgan fingerprint density at radius 1 is 1.33 bits per heavy atom. The SMILES string of the molecule is NC(N)=NCCC[C@H](N)C(=O)OC(=O)C1=CCN2C=CC=CC2=C1. The number of aliphatic imine (C=N–C) groups is 1. The first-order valence-corrected chi connectivity index (χ1v) is 7.57. The number of carbonyl (C=O) groups is 2. The number of allylic oxidation sites excluding steroid dienone is 3. The number of rotatable bonds is 6. The van der Waals surface area contributed by atoms with Gasteiger partial charge in [0, 0.05) is 25.0 Å². The number of carbonyl (C=O) groups excluding carboxylic acids is 2. The van der Waals surface area contributed by atoms with Gasteiger partial charge in [-0.15, -0.1) is 0 Å². The number of nitrogens with two attached hydrogens (primary N) is 3. The van der Waals surface area contributed by atoms with E-state index in [1.165, 1.54) is 0 Å². The van der Waals surface area contributed by atoms with Crippen molar-refractivity contribution in [1.29, 1.82) is 0 Å². The van der Waals surface area contributed by atoms with Gasteiger partial charge in [0.2, 0.25) is 0 Å². The van der Waals surface area contributed by atoms with Gasteiger partial charge in [0.1, 0.15) is 6.04 Å². The average Bonchev–Trinajstić information content (AvgIpc) is 2.57. The van der Waals surface area contributed by atoms with Crippen molar-refractivity contribution in [2.45, 2.75) is 18.9 Å². The van der Waals surface area contributed by atoms with Crippen molar-refractivity contribution in [2.24, 2.45) is 22.2 Å². The molecule has 0 aliphatic carbocycles. The second-order valence-corrected chi connectivity index (χ2v) is 5.35. The molecule has 1 atom stereocenters. The van der Waals surface area contributed by atoms with E-state index < -0.39 is 18.0 Å². The molecular weight excluding hydrogens is 310 g/mol. The predicted molar refractivity (Wildman–Crippen MR) is 90.1 cm³/mol. The number of hydrogen-bond donors (Lipinski definition) is 3. The number of ether oxygens (including phenoxy) is 1. The van der Waals surface area contributed by atoms with Crippen molar-refractivity contribution in [3.05, 3.63) is 47.9 Å². The first kappa shape index (κ1) is 17.5. The highest BCUT2D eigenvalue weighted by Crippen LogP contribution is 2.20. The lowest BCUT2D eigenvalue weighted by atomic mass is 10.1. The molecule has 0 radical (unpaired) electrons. The molecule has 0 fully saturated rings. The first-order chi connectivity index (χ1) is 11.5. The summed E-state index contributed by atoms with van der Waals surface area (Å²) in [6.07, 6.45) is 11.8. The predicted octanol–water partition coefficient (Wildman–Crippen LogP) is -0.353. The summed E-state index contributed by atoms with van der Waals surface area (Å²) in [5.41, 5.74) is 17.3. The molecule has 0 unspecified atom stereocenters. The van der Waals surface area contributed by atoms with E-state index in [0.717, 1.165) is 5.70 Å². The van der Waals surface area contributed by atoms with E-state index in [-0.39, 0.29) is 5.96 Å². The van der Waals surface area contributed by atoms with Crippen molar-refractivity contribution in [2.75, 3.05) is 13.1 Å². The zero-order valence-corrected chi connectivity index (χ0v) is 13.2. The Labute approximate surface area is 140 Å². The summed E-state index contributed by atoms with van der Waals surface area (Å²) in [5.74, 6) is -1.47. The van der Waals surface area contributed by atoms with E-state index in [2.05, 4.69) is 4.99 Å². The molecular formula is C16H21N5O3. The molecule has 0 aromatic carbocycles. The lowest BCUT2D eigenvalue weighted by Crippen LogP contribution is -2.34. The van der Waals surface area contributed by atoms with Crippen molar-refractivity contribution >= 4 is 17.9 Å². The van der Waals surface area contributed by atoms with Gasteiger partial charge < -0.3 is 26.8 Å². The van der Waals surface area contributed by atoms with Gasteiger partial charge in [-0.3, -0.25) is 4.99 Å². The second kappa shape index (κ2) is 8.11. The van der Waals surface area contributed by atoms with Crippen LogP contribution < -0.4 is 17.2 Å². The minimum atomic E-state index is -0.894. The smallest absolute Gasteiger partial charge is 0.345 e. The van der Waals surface area contributed by atoms with E-state index >= 15 is 0 Å². The monoisotopic (exact) mass is 331 g/mol. The molecule has 8 nitrogen and oxygen atoms in total. The van der Waals surface area contributed by atoms with E-state index in [0.29, 0.717) is 31.5 Å². The Morgan fingerprint density at radius 2 is 2.12 bits per heavy atom. The number of nitrogens with zero attached hydrogens (tertiary/aromatic N) is 2. The van der Waals surface area contributed by atoms with Crippen LogP contribution in [0.25, 0.3) is 0 Å². The van der Waals surface area contributed by atoms with Crippen LogP contribution in [0.4, 0.5) is 0 Å². The van der Waals surface area contributed by atoms with Gasteiger partial charge in [0.15, 0.2) is 5.96 Å². The van der Waals surface area contributed by atoms with Gasteiger partial charge >= 0.3 is 11.9 Å². The van der Waals surface area contributed by atoms with Gasteiger partial charge in [-0.2, -0.15) is 0 Å². The van der Waals surface area contributed by atoms with Crippen LogP contribution in [0, 0.1) is 0 Å². The number of esters is 2. The summed E-state index contributed by atoms with van der Waals surface area (Å²) in [6.45, 7) is 0.903. The van der Waals surface area contributed by atoms with Crippen LogP contribution in [-0.2, 0) is 14.3 Å². The second-order valence-electron chi connectivity index (χ2n) is 5.35. The average molecular weight is 331 g/mol. The maximum absolute atomic E-state index is 12.1. The summed E-state index contributed by atoms with van der Waals surface area (Å²) in [7, 11) is 0. The third-order valence-corrected chi connectivity index (χ3v) is 3.49. The molecule has 2 rings (SSSR count). The van der Waals surface area contributed by atoms with Crippen LogP contribution in [0.1, 0.15) is 12.8 Å². The lowest BCUT2D eigenvalue weighted by molar-refractivity contribution is -0.157. The van der Waals surface area contributed by atoms with E-state index in [1.807, 2.05) is 29.3 Å². The van der Waals surface area contributed by atoms with Crippen LogP contribution in [-0.4, -0.2) is 41.9 Å². The third-order valence-electron chi connectivity index (χ3n) is 3.49. The first-order valence-electron chi connectivity index (χ1n) is 7.57. The molecule has 24 heavy (non-hydrogen) atoms. The quantitative estimate of drug-likeness (QED) is 0.199. The maximum atomic E-state index is 12.1. The Kier molecular flexibility index (Phi) is 5.91. The van der Waals surface area contributed by atoms with Crippen LogP contribution in [0.3, 0.4) is 0 Å². The topological polar surface area (TPSA) is 137 Å². The molecule has 8 heteroatoms. The van der Waals surface area contributed by atoms with E-state index in [9.17, 15) is 9.59 Å². The molecule has 0 spiro atoms. The summed E-state index contributed by atoms with van der Waals surface area (Å²) < 4.78 is 4.85.